The molecule has 0 fully saturated rings. The Balaban J connectivity index is 2.64. The van der Waals surface area contributed by atoms with Crippen molar-refractivity contribution in [3.63, 3.8) is 0 Å². The minimum Gasteiger partial charge on any atom is -0.506 e. The minimum absolute atomic E-state index is 0.176. The summed E-state index contributed by atoms with van der Waals surface area (Å²) in [5.74, 6) is -0.645. The van der Waals surface area contributed by atoms with Crippen LogP contribution in [0.2, 0.25) is 0 Å². The molecule has 0 unspecified atom stereocenters. The van der Waals surface area contributed by atoms with E-state index in [-0.39, 0.29) is 16.9 Å². The van der Waals surface area contributed by atoms with Gasteiger partial charge >= 0.3 is 5.97 Å². The molecule has 1 rings (SSSR count). The number of carbonyl (C=O) groups is 1. The van der Waals surface area contributed by atoms with Crippen molar-refractivity contribution >= 4 is 29.1 Å². The Morgan fingerprint density at radius 1 is 1.43 bits per heavy atom. The Bertz CT molecular complexity index is 544. The molecule has 1 aromatic rings. The zero-order valence-electron chi connectivity index (χ0n) is 11.8. The van der Waals surface area contributed by atoms with Gasteiger partial charge in [0, 0.05) is 11.3 Å². The number of rotatable bonds is 7. The smallest absolute Gasteiger partial charge is 0.339 e. The maximum Gasteiger partial charge on any atom is 0.339 e. The number of hydrogen-bond acceptors (Lipinski definition) is 5. The number of hydrogen-bond donors (Lipinski definition) is 3. The monoisotopic (exact) mass is 309 g/mol. The molecule has 0 spiro atoms. The number of unbranched alkanes of at least 4 members (excludes halogenated alkanes) is 2. The SMILES string of the molecule is CCCCCSC(N)=N/N=C/c1cccc(C(=O)O)c1O. The van der Waals surface area contributed by atoms with Gasteiger partial charge in [0.05, 0.1) is 6.21 Å². The van der Waals surface area contributed by atoms with E-state index in [2.05, 4.69) is 17.1 Å². The Morgan fingerprint density at radius 2 is 2.19 bits per heavy atom. The van der Waals surface area contributed by atoms with Crippen LogP contribution in [-0.2, 0) is 0 Å². The lowest BCUT2D eigenvalue weighted by molar-refractivity contribution is 0.0693. The zero-order valence-corrected chi connectivity index (χ0v) is 12.6. The van der Waals surface area contributed by atoms with Crippen molar-refractivity contribution < 1.29 is 15.0 Å². The zero-order chi connectivity index (χ0) is 15.7. The normalized spacial score (nSPS) is 12.0. The first-order chi connectivity index (χ1) is 10.1. The summed E-state index contributed by atoms with van der Waals surface area (Å²) in [5.41, 5.74) is 5.78. The molecule has 0 bridgehead atoms. The summed E-state index contributed by atoms with van der Waals surface area (Å²) in [5, 5.41) is 26.6. The summed E-state index contributed by atoms with van der Waals surface area (Å²) in [6.45, 7) is 2.13. The summed E-state index contributed by atoms with van der Waals surface area (Å²) in [4.78, 5) is 10.9. The van der Waals surface area contributed by atoms with Crippen LogP contribution in [0.5, 0.6) is 5.75 Å². The first-order valence-corrected chi connectivity index (χ1v) is 7.59. The highest BCUT2D eigenvalue weighted by Crippen LogP contribution is 2.20. The van der Waals surface area contributed by atoms with Crippen LogP contribution in [0.3, 0.4) is 0 Å². The largest absolute Gasteiger partial charge is 0.506 e. The Kier molecular flexibility index (Phi) is 7.31. The van der Waals surface area contributed by atoms with Crippen LogP contribution in [0, 0.1) is 0 Å². The second-order valence-corrected chi connectivity index (χ2v) is 5.40. The molecule has 0 radical (unpaired) electrons. The number of nitrogens with zero attached hydrogens (tertiary/aromatic N) is 2. The number of aromatic carboxylic acids is 1. The minimum atomic E-state index is -1.20. The predicted molar refractivity (Wildman–Crippen MR) is 86.3 cm³/mol. The molecular weight excluding hydrogens is 290 g/mol. The van der Waals surface area contributed by atoms with Crippen LogP contribution >= 0.6 is 11.8 Å². The van der Waals surface area contributed by atoms with Crippen molar-refractivity contribution in [3.05, 3.63) is 29.3 Å². The van der Waals surface area contributed by atoms with Crippen molar-refractivity contribution in [1.82, 2.24) is 0 Å². The molecule has 1 aromatic carbocycles. The molecule has 0 aliphatic carbocycles. The molecular formula is C14H19N3O3S. The van der Waals surface area contributed by atoms with Gasteiger partial charge in [0.15, 0.2) is 5.17 Å². The van der Waals surface area contributed by atoms with E-state index in [1.807, 2.05) is 0 Å². The van der Waals surface area contributed by atoms with Gasteiger partial charge in [-0.3, -0.25) is 0 Å². The van der Waals surface area contributed by atoms with E-state index in [9.17, 15) is 9.90 Å². The van der Waals surface area contributed by atoms with E-state index in [0.717, 1.165) is 25.0 Å². The second kappa shape index (κ2) is 9.02. The molecule has 0 saturated carbocycles. The van der Waals surface area contributed by atoms with Crippen LogP contribution in [-0.4, -0.2) is 33.3 Å². The Hall–Kier alpha value is -2.02. The van der Waals surface area contributed by atoms with Crippen molar-refractivity contribution in [1.29, 1.82) is 0 Å². The molecule has 0 saturated heterocycles. The third-order valence-electron chi connectivity index (χ3n) is 2.65. The second-order valence-electron chi connectivity index (χ2n) is 4.29. The maximum atomic E-state index is 10.9. The maximum absolute atomic E-state index is 10.9. The fraction of sp³-hybridized carbons (Fsp3) is 0.357. The van der Waals surface area contributed by atoms with Gasteiger partial charge in [0.25, 0.3) is 0 Å². The lowest BCUT2D eigenvalue weighted by atomic mass is 10.1. The van der Waals surface area contributed by atoms with E-state index in [4.69, 9.17) is 10.8 Å². The van der Waals surface area contributed by atoms with Crippen LogP contribution < -0.4 is 5.73 Å². The summed E-state index contributed by atoms with van der Waals surface area (Å²) >= 11 is 1.42. The summed E-state index contributed by atoms with van der Waals surface area (Å²) in [6.07, 6.45) is 4.65. The van der Waals surface area contributed by atoms with Crippen LogP contribution in [0.15, 0.2) is 28.4 Å². The van der Waals surface area contributed by atoms with Crippen molar-refractivity contribution in [2.24, 2.45) is 15.9 Å². The van der Waals surface area contributed by atoms with Gasteiger partial charge in [-0.15, -0.1) is 5.10 Å². The number of amidine groups is 1. The highest BCUT2D eigenvalue weighted by Gasteiger charge is 2.11. The first-order valence-electron chi connectivity index (χ1n) is 6.60. The third-order valence-corrected chi connectivity index (χ3v) is 3.52. The average Bonchev–Trinajstić information content (AvgIpc) is 2.45. The predicted octanol–water partition coefficient (Wildman–Crippen LogP) is 2.66. The number of para-hydroxylation sites is 1. The molecule has 0 aliphatic rings. The average molecular weight is 309 g/mol. The molecule has 0 heterocycles. The van der Waals surface area contributed by atoms with E-state index < -0.39 is 5.97 Å². The molecule has 114 valence electrons. The summed E-state index contributed by atoms with van der Waals surface area (Å²) < 4.78 is 0. The molecule has 6 nitrogen and oxygen atoms in total. The van der Waals surface area contributed by atoms with Gasteiger partial charge in [0.2, 0.25) is 0 Å². The van der Waals surface area contributed by atoms with E-state index in [1.165, 1.54) is 30.1 Å². The number of carboxylic acids is 1. The van der Waals surface area contributed by atoms with Crippen molar-refractivity contribution in [2.75, 3.05) is 5.75 Å². The van der Waals surface area contributed by atoms with Gasteiger partial charge in [-0.25, -0.2) is 4.79 Å². The topological polar surface area (TPSA) is 108 Å². The standard InChI is InChI=1S/C14H19N3O3S/c1-2-3-4-8-21-14(15)17-16-9-10-6-5-7-11(12(10)18)13(19)20/h5-7,9,18H,2-4,8H2,1H3,(H2,15,17)(H,19,20)/b16-9+. The summed E-state index contributed by atoms with van der Waals surface area (Å²) in [6, 6.07) is 4.39. The number of aromatic hydroxyl groups is 1. The lowest BCUT2D eigenvalue weighted by Crippen LogP contribution is -2.06. The highest BCUT2D eigenvalue weighted by atomic mass is 32.2. The number of benzene rings is 1. The van der Waals surface area contributed by atoms with Gasteiger partial charge < -0.3 is 15.9 Å². The van der Waals surface area contributed by atoms with Gasteiger partial charge in [-0.2, -0.15) is 5.10 Å². The van der Waals surface area contributed by atoms with Crippen molar-refractivity contribution in [2.45, 2.75) is 26.2 Å². The quantitative estimate of drug-likeness (QED) is 0.310. The molecule has 7 heteroatoms. The van der Waals surface area contributed by atoms with E-state index in [0.29, 0.717) is 5.17 Å². The van der Waals surface area contributed by atoms with Crippen molar-refractivity contribution in [3.8, 4) is 5.75 Å². The molecule has 0 aliphatic heterocycles. The first kappa shape index (κ1) is 17.0. The number of nitrogens with two attached hydrogens (primary N) is 1. The van der Waals surface area contributed by atoms with Gasteiger partial charge in [0.1, 0.15) is 11.3 Å². The summed E-state index contributed by atoms with van der Waals surface area (Å²) in [7, 11) is 0. The van der Waals surface area contributed by atoms with Crippen LogP contribution in [0.4, 0.5) is 0 Å². The van der Waals surface area contributed by atoms with Crippen LogP contribution in [0.1, 0.15) is 42.1 Å². The van der Waals surface area contributed by atoms with Gasteiger partial charge in [-0.05, 0) is 18.6 Å². The van der Waals surface area contributed by atoms with Crippen LogP contribution in [0.25, 0.3) is 0 Å². The number of carboxylic acid groups (broad SMARTS) is 1. The molecule has 21 heavy (non-hydrogen) atoms. The third kappa shape index (κ3) is 5.86. The molecule has 0 atom stereocenters. The fourth-order valence-electron chi connectivity index (χ4n) is 1.54. The lowest BCUT2D eigenvalue weighted by Gasteiger charge is -2.01. The Labute approximate surface area is 127 Å². The molecule has 0 amide bonds. The number of phenols is 1. The fourth-order valence-corrected chi connectivity index (χ4v) is 2.21. The van der Waals surface area contributed by atoms with E-state index >= 15 is 0 Å². The van der Waals surface area contributed by atoms with E-state index in [1.54, 1.807) is 6.07 Å². The highest BCUT2D eigenvalue weighted by molar-refractivity contribution is 8.13. The van der Waals surface area contributed by atoms with Gasteiger partial charge in [-0.1, -0.05) is 37.6 Å². The number of thioether (sulfide) groups is 1. The molecule has 0 aromatic heterocycles. The Morgan fingerprint density at radius 3 is 2.86 bits per heavy atom. The molecule has 4 N–H and O–H groups in total.